The first-order chi connectivity index (χ1) is 11.5. The monoisotopic (exact) mass is 375 g/mol. The molecule has 0 aliphatic heterocycles. The van der Waals surface area contributed by atoms with E-state index in [0.717, 1.165) is 0 Å². The number of carbonyl (C=O) groups is 1. The lowest BCUT2D eigenvalue weighted by molar-refractivity contribution is -0.119. The molecule has 2 atom stereocenters. The number of aliphatic hydroxyl groups excluding tert-OH is 1. The smallest absolute Gasteiger partial charge is 0.257 e. The van der Waals surface area contributed by atoms with E-state index < -0.39 is 29.3 Å². The lowest BCUT2D eigenvalue weighted by atomic mass is 9.92. The van der Waals surface area contributed by atoms with Gasteiger partial charge in [0.1, 0.15) is 0 Å². The van der Waals surface area contributed by atoms with Crippen LogP contribution in [0.5, 0.6) is 0 Å². The fraction of sp³-hybridized carbons (Fsp3) is 0.400. The summed E-state index contributed by atoms with van der Waals surface area (Å²) in [7, 11) is 0. The van der Waals surface area contributed by atoms with Crippen LogP contribution in [0.15, 0.2) is 28.8 Å². The minimum absolute atomic E-state index is 0.161. The van der Waals surface area contributed by atoms with E-state index in [1.54, 1.807) is 24.3 Å². The molecule has 9 heteroatoms. The third-order valence-electron chi connectivity index (χ3n) is 3.50. The number of Topliss-reactive ketones (excluding diaryl/α,β-unsaturated/α-hetero) is 1. The summed E-state index contributed by atoms with van der Waals surface area (Å²) in [4.78, 5) is 14.4. The molecule has 6 nitrogen and oxygen atoms in total. The Morgan fingerprint density at radius 2 is 2.00 bits per heavy atom. The van der Waals surface area contributed by atoms with Crippen LogP contribution in [0, 0.1) is 5.92 Å². The SMILES string of the molecule is NCc1noc(-c2ccc([C@@H](O)[C@@H](CF)CC(=O)C(Cl)Cl)cc2)n1. The van der Waals surface area contributed by atoms with E-state index >= 15 is 0 Å². The van der Waals surface area contributed by atoms with Crippen molar-refractivity contribution < 1.29 is 18.8 Å². The van der Waals surface area contributed by atoms with Gasteiger partial charge in [-0.2, -0.15) is 4.98 Å². The molecule has 0 radical (unpaired) electrons. The fourth-order valence-corrected chi connectivity index (χ4v) is 2.33. The van der Waals surface area contributed by atoms with Gasteiger partial charge in [-0.15, -0.1) is 0 Å². The van der Waals surface area contributed by atoms with Crippen LogP contribution in [0.1, 0.15) is 23.9 Å². The van der Waals surface area contributed by atoms with Gasteiger partial charge >= 0.3 is 0 Å². The molecule has 130 valence electrons. The molecule has 0 bridgehead atoms. The van der Waals surface area contributed by atoms with Crippen molar-refractivity contribution in [2.75, 3.05) is 6.67 Å². The molecule has 0 saturated heterocycles. The van der Waals surface area contributed by atoms with Gasteiger partial charge < -0.3 is 15.4 Å². The summed E-state index contributed by atoms with van der Waals surface area (Å²) in [6, 6.07) is 6.49. The zero-order valence-electron chi connectivity index (χ0n) is 12.5. The first kappa shape index (κ1) is 18.8. The van der Waals surface area contributed by atoms with Gasteiger partial charge in [0.15, 0.2) is 16.4 Å². The van der Waals surface area contributed by atoms with Crippen molar-refractivity contribution in [3.05, 3.63) is 35.7 Å². The number of hydrogen-bond donors (Lipinski definition) is 2. The number of carbonyl (C=O) groups excluding carboxylic acids is 1. The van der Waals surface area contributed by atoms with Crippen LogP contribution in [0.25, 0.3) is 11.5 Å². The van der Waals surface area contributed by atoms with Crippen LogP contribution < -0.4 is 5.73 Å². The molecule has 0 aliphatic rings. The van der Waals surface area contributed by atoms with E-state index in [2.05, 4.69) is 10.1 Å². The van der Waals surface area contributed by atoms with Crippen molar-refractivity contribution in [3.63, 3.8) is 0 Å². The second kappa shape index (κ2) is 8.53. The zero-order chi connectivity index (χ0) is 17.7. The summed E-state index contributed by atoms with van der Waals surface area (Å²) in [6.07, 6.45) is -1.41. The lowest BCUT2D eigenvalue weighted by Crippen LogP contribution is -2.21. The number of benzene rings is 1. The average molecular weight is 376 g/mol. The average Bonchev–Trinajstić information content (AvgIpc) is 3.08. The van der Waals surface area contributed by atoms with Crippen LogP contribution in [0.4, 0.5) is 4.39 Å². The highest BCUT2D eigenvalue weighted by atomic mass is 35.5. The molecule has 1 heterocycles. The van der Waals surface area contributed by atoms with Gasteiger partial charge in [0.05, 0.1) is 19.3 Å². The molecular weight excluding hydrogens is 360 g/mol. The normalized spacial score (nSPS) is 13.9. The molecule has 0 unspecified atom stereocenters. The van der Waals surface area contributed by atoms with Crippen molar-refractivity contribution in [3.8, 4) is 11.5 Å². The molecule has 1 aromatic carbocycles. The minimum atomic E-state index is -1.23. The summed E-state index contributed by atoms with van der Waals surface area (Å²) in [6.45, 7) is -0.715. The van der Waals surface area contributed by atoms with Crippen molar-refractivity contribution in [2.45, 2.75) is 23.9 Å². The Hall–Kier alpha value is -1.54. The second-order valence-electron chi connectivity index (χ2n) is 5.17. The number of alkyl halides is 3. The maximum atomic E-state index is 13.2. The van der Waals surface area contributed by atoms with Gasteiger partial charge in [0.2, 0.25) is 0 Å². The van der Waals surface area contributed by atoms with Gasteiger partial charge in [-0.3, -0.25) is 9.18 Å². The molecule has 0 aliphatic carbocycles. The molecule has 1 aromatic heterocycles. The molecule has 0 saturated carbocycles. The van der Waals surface area contributed by atoms with Crippen LogP contribution in [0.2, 0.25) is 0 Å². The molecule has 0 spiro atoms. The molecule has 24 heavy (non-hydrogen) atoms. The van der Waals surface area contributed by atoms with E-state index in [1.165, 1.54) is 0 Å². The summed E-state index contributed by atoms with van der Waals surface area (Å²) in [5.41, 5.74) is 6.50. The maximum absolute atomic E-state index is 13.2. The van der Waals surface area contributed by atoms with E-state index in [-0.39, 0.29) is 13.0 Å². The van der Waals surface area contributed by atoms with Crippen molar-refractivity contribution >= 4 is 29.0 Å². The standard InChI is InChI=1S/C15H16Cl2FN3O3/c16-14(17)11(22)5-10(6-18)13(23)8-1-3-9(4-2-8)15-20-12(7-19)21-24-15/h1-4,10,13-14,23H,5-7,19H2/t10-,13-/m1/s1. The van der Waals surface area contributed by atoms with Gasteiger partial charge in [0.25, 0.3) is 5.89 Å². The number of ketones is 1. The molecule has 0 amide bonds. The number of halogens is 3. The number of nitrogens with two attached hydrogens (primary N) is 1. The third kappa shape index (κ3) is 4.51. The van der Waals surface area contributed by atoms with Gasteiger partial charge in [0, 0.05) is 17.9 Å². The van der Waals surface area contributed by atoms with E-state index in [4.69, 9.17) is 33.5 Å². The van der Waals surface area contributed by atoms with E-state index in [1.807, 2.05) is 0 Å². The number of nitrogens with zero attached hydrogens (tertiary/aromatic N) is 2. The van der Waals surface area contributed by atoms with E-state index in [9.17, 15) is 14.3 Å². The van der Waals surface area contributed by atoms with Gasteiger partial charge in [-0.1, -0.05) is 40.5 Å². The molecule has 0 fully saturated rings. The molecule has 2 aromatic rings. The van der Waals surface area contributed by atoms with E-state index in [0.29, 0.717) is 22.8 Å². The number of rotatable bonds is 8. The number of aromatic nitrogens is 2. The summed E-state index contributed by atoms with van der Waals surface area (Å²) < 4.78 is 18.2. The fourth-order valence-electron chi connectivity index (χ4n) is 2.15. The Morgan fingerprint density at radius 1 is 1.33 bits per heavy atom. The summed E-state index contributed by atoms with van der Waals surface area (Å²) >= 11 is 10.9. The second-order valence-corrected chi connectivity index (χ2v) is 6.27. The van der Waals surface area contributed by atoms with Crippen LogP contribution in [0.3, 0.4) is 0 Å². The van der Waals surface area contributed by atoms with Crippen molar-refractivity contribution in [1.82, 2.24) is 10.1 Å². The van der Waals surface area contributed by atoms with Gasteiger partial charge in [-0.05, 0) is 17.7 Å². The number of hydrogen-bond acceptors (Lipinski definition) is 6. The van der Waals surface area contributed by atoms with Crippen molar-refractivity contribution in [2.24, 2.45) is 11.7 Å². The van der Waals surface area contributed by atoms with Crippen LogP contribution in [-0.4, -0.2) is 32.5 Å². The maximum Gasteiger partial charge on any atom is 0.257 e. The first-order valence-electron chi connectivity index (χ1n) is 7.14. The van der Waals surface area contributed by atoms with Crippen molar-refractivity contribution in [1.29, 1.82) is 0 Å². The highest BCUT2D eigenvalue weighted by molar-refractivity contribution is 6.53. The van der Waals surface area contributed by atoms with Gasteiger partial charge in [-0.25, -0.2) is 0 Å². The lowest BCUT2D eigenvalue weighted by Gasteiger charge is -2.20. The largest absolute Gasteiger partial charge is 0.388 e. The Balaban J connectivity index is 2.12. The highest BCUT2D eigenvalue weighted by Gasteiger charge is 2.26. The third-order valence-corrected chi connectivity index (χ3v) is 3.99. The number of aliphatic hydroxyl groups is 1. The Morgan fingerprint density at radius 3 is 2.50 bits per heavy atom. The molecule has 2 rings (SSSR count). The predicted octanol–water partition coefficient (Wildman–Crippen LogP) is 2.58. The first-order valence-corrected chi connectivity index (χ1v) is 8.01. The highest BCUT2D eigenvalue weighted by Crippen LogP contribution is 2.28. The topological polar surface area (TPSA) is 102 Å². The molecule has 3 N–H and O–H groups in total. The summed E-state index contributed by atoms with van der Waals surface area (Å²) in [5.74, 6) is -0.782. The Bertz CT molecular complexity index is 679. The quantitative estimate of drug-likeness (QED) is 0.687. The Kier molecular flexibility index (Phi) is 6.68. The summed E-state index contributed by atoms with van der Waals surface area (Å²) in [5, 5.41) is 14.0. The Labute approximate surface area is 147 Å². The van der Waals surface area contributed by atoms with Crippen LogP contribution in [-0.2, 0) is 11.3 Å². The zero-order valence-corrected chi connectivity index (χ0v) is 14.0. The predicted molar refractivity (Wildman–Crippen MR) is 87.2 cm³/mol. The minimum Gasteiger partial charge on any atom is -0.388 e. The molecular formula is C15H16Cl2FN3O3. The van der Waals surface area contributed by atoms with Crippen LogP contribution >= 0.6 is 23.2 Å².